The molecule has 172 valence electrons. The van der Waals surface area contributed by atoms with Crippen LogP contribution in [0.15, 0.2) is 29.3 Å². The summed E-state index contributed by atoms with van der Waals surface area (Å²) in [6, 6.07) is 8.81. The van der Waals surface area contributed by atoms with Crippen LogP contribution in [-0.2, 0) is 22.6 Å². The highest BCUT2D eigenvalue weighted by Crippen LogP contribution is 2.13. The van der Waals surface area contributed by atoms with E-state index in [2.05, 4.69) is 49.7 Å². The number of likely N-dealkylation sites (tertiary alicyclic amines) is 1. The van der Waals surface area contributed by atoms with Gasteiger partial charge in [-0.05, 0) is 38.3 Å². The Kier molecular flexibility index (Phi) is 8.15. The van der Waals surface area contributed by atoms with Crippen LogP contribution in [0.3, 0.4) is 0 Å². The van der Waals surface area contributed by atoms with Gasteiger partial charge in [-0.25, -0.2) is 4.79 Å². The Morgan fingerprint density at radius 2 is 1.84 bits per heavy atom. The molecule has 1 unspecified atom stereocenters. The first-order chi connectivity index (χ1) is 14.8. The molecular formula is C23H37N5O3. The Morgan fingerprint density at radius 1 is 1.16 bits per heavy atom. The van der Waals surface area contributed by atoms with E-state index in [0.29, 0.717) is 6.54 Å². The predicted molar refractivity (Wildman–Crippen MR) is 122 cm³/mol. The van der Waals surface area contributed by atoms with Crippen molar-refractivity contribution in [2.75, 3.05) is 46.4 Å². The summed E-state index contributed by atoms with van der Waals surface area (Å²) in [4.78, 5) is 21.0. The lowest BCUT2D eigenvalue weighted by Crippen LogP contribution is -2.44. The van der Waals surface area contributed by atoms with Gasteiger partial charge in [0.05, 0.1) is 19.3 Å². The van der Waals surface area contributed by atoms with E-state index < -0.39 is 5.60 Å². The molecule has 1 atom stereocenters. The van der Waals surface area contributed by atoms with E-state index >= 15 is 0 Å². The normalized spacial score (nSPS) is 20.6. The molecule has 0 spiro atoms. The van der Waals surface area contributed by atoms with Crippen molar-refractivity contribution in [3.63, 3.8) is 0 Å². The number of morpholine rings is 1. The summed E-state index contributed by atoms with van der Waals surface area (Å²) in [6.07, 6.45) is 0.510. The maximum atomic E-state index is 12.0. The monoisotopic (exact) mass is 431 g/mol. The Morgan fingerprint density at radius 3 is 2.48 bits per heavy atom. The van der Waals surface area contributed by atoms with Crippen LogP contribution in [0.25, 0.3) is 0 Å². The van der Waals surface area contributed by atoms with Crippen LogP contribution in [0.2, 0.25) is 0 Å². The van der Waals surface area contributed by atoms with Crippen molar-refractivity contribution in [2.45, 2.75) is 51.9 Å². The number of hydrogen-bond donors (Lipinski definition) is 2. The Balaban J connectivity index is 1.43. The number of nitrogens with one attached hydrogen (secondary N) is 2. The number of aliphatic imine (C=N–C) groups is 1. The lowest BCUT2D eigenvalue weighted by atomic mass is 10.1. The molecule has 2 N–H and O–H groups in total. The molecule has 2 fully saturated rings. The molecule has 2 saturated heterocycles. The standard InChI is InChI=1S/C23H37N5O3/c1-23(2,3)31-22(29)26-20-9-10-28(17-20)21(24-4)25-15-18-5-7-19(8-6-18)16-27-11-13-30-14-12-27/h5-8,20H,9-17H2,1-4H3,(H,24,25)(H,26,29). The molecule has 0 aliphatic carbocycles. The highest BCUT2D eigenvalue weighted by Gasteiger charge is 2.27. The third-order valence-electron chi connectivity index (χ3n) is 5.40. The summed E-state index contributed by atoms with van der Waals surface area (Å²) >= 11 is 0. The van der Waals surface area contributed by atoms with Crippen LogP contribution in [0.1, 0.15) is 38.3 Å². The SMILES string of the molecule is CN=C(NCc1ccc(CN2CCOCC2)cc1)N1CCC(NC(=O)OC(C)(C)C)C1. The van der Waals surface area contributed by atoms with Gasteiger partial charge < -0.3 is 25.0 Å². The largest absolute Gasteiger partial charge is 0.444 e. The molecule has 31 heavy (non-hydrogen) atoms. The topological polar surface area (TPSA) is 78.4 Å². The molecule has 1 aromatic rings. The van der Waals surface area contributed by atoms with E-state index in [-0.39, 0.29) is 12.1 Å². The second kappa shape index (κ2) is 10.8. The zero-order valence-electron chi connectivity index (χ0n) is 19.3. The highest BCUT2D eigenvalue weighted by atomic mass is 16.6. The number of amides is 1. The first-order valence-electron chi connectivity index (χ1n) is 11.2. The van der Waals surface area contributed by atoms with E-state index in [4.69, 9.17) is 9.47 Å². The fourth-order valence-corrected chi connectivity index (χ4v) is 3.84. The van der Waals surface area contributed by atoms with Gasteiger partial charge in [-0.15, -0.1) is 0 Å². The molecule has 0 bridgehead atoms. The van der Waals surface area contributed by atoms with E-state index in [1.807, 2.05) is 20.8 Å². The fourth-order valence-electron chi connectivity index (χ4n) is 3.84. The van der Waals surface area contributed by atoms with Gasteiger partial charge >= 0.3 is 6.09 Å². The van der Waals surface area contributed by atoms with Crippen LogP contribution in [0.5, 0.6) is 0 Å². The number of carbonyl (C=O) groups excluding carboxylic acids is 1. The summed E-state index contributed by atoms with van der Waals surface area (Å²) < 4.78 is 10.8. The summed E-state index contributed by atoms with van der Waals surface area (Å²) in [5.41, 5.74) is 2.05. The van der Waals surface area contributed by atoms with Crippen molar-refractivity contribution >= 4 is 12.1 Å². The van der Waals surface area contributed by atoms with Crippen LogP contribution in [-0.4, -0.2) is 79.9 Å². The van der Waals surface area contributed by atoms with Gasteiger partial charge in [0.1, 0.15) is 5.60 Å². The van der Waals surface area contributed by atoms with Gasteiger partial charge in [-0.2, -0.15) is 0 Å². The maximum Gasteiger partial charge on any atom is 0.407 e. The number of benzene rings is 1. The van der Waals surface area contributed by atoms with Crippen LogP contribution in [0, 0.1) is 0 Å². The minimum absolute atomic E-state index is 0.0628. The van der Waals surface area contributed by atoms with Gasteiger partial charge in [0.2, 0.25) is 0 Å². The lowest BCUT2D eigenvalue weighted by Gasteiger charge is -2.26. The van der Waals surface area contributed by atoms with Crippen molar-refractivity contribution in [3.8, 4) is 0 Å². The lowest BCUT2D eigenvalue weighted by molar-refractivity contribution is 0.0342. The second-order valence-corrected chi connectivity index (χ2v) is 9.18. The predicted octanol–water partition coefficient (Wildman–Crippen LogP) is 2.19. The molecule has 2 aliphatic heterocycles. The number of carbonyl (C=O) groups is 1. The average Bonchev–Trinajstić information content (AvgIpc) is 3.17. The smallest absolute Gasteiger partial charge is 0.407 e. The average molecular weight is 432 g/mol. The molecule has 1 amide bonds. The Bertz CT molecular complexity index is 739. The van der Waals surface area contributed by atoms with Crippen molar-refractivity contribution in [3.05, 3.63) is 35.4 Å². The van der Waals surface area contributed by atoms with Gasteiger partial charge in [0, 0.05) is 46.3 Å². The minimum Gasteiger partial charge on any atom is -0.444 e. The van der Waals surface area contributed by atoms with Crippen molar-refractivity contribution in [1.29, 1.82) is 0 Å². The van der Waals surface area contributed by atoms with E-state index in [1.165, 1.54) is 11.1 Å². The number of nitrogens with zero attached hydrogens (tertiary/aromatic N) is 3. The molecule has 3 rings (SSSR count). The first kappa shape index (κ1) is 23.3. The summed E-state index contributed by atoms with van der Waals surface area (Å²) in [5, 5.41) is 6.41. The van der Waals surface area contributed by atoms with E-state index in [1.54, 1.807) is 7.05 Å². The number of guanidine groups is 1. The van der Waals surface area contributed by atoms with Crippen LogP contribution >= 0.6 is 0 Å². The van der Waals surface area contributed by atoms with Crippen molar-refractivity contribution in [1.82, 2.24) is 20.4 Å². The number of ether oxygens (including phenoxy) is 2. The zero-order valence-corrected chi connectivity index (χ0v) is 19.3. The zero-order chi connectivity index (χ0) is 22.3. The molecule has 0 radical (unpaired) electrons. The van der Waals surface area contributed by atoms with Gasteiger partial charge in [-0.1, -0.05) is 24.3 Å². The summed E-state index contributed by atoms with van der Waals surface area (Å²) in [7, 11) is 1.79. The summed E-state index contributed by atoms with van der Waals surface area (Å²) in [6.45, 7) is 12.5. The minimum atomic E-state index is -0.488. The maximum absolute atomic E-state index is 12.0. The van der Waals surface area contributed by atoms with Gasteiger partial charge in [-0.3, -0.25) is 9.89 Å². The Hall–Kier alpha value is -2.32. The molecule has 8 heteroatoms. The fraction of sp³-hybridized carbons (Fsp3) is 0.652. The number of rotatable bonds is 5. The molecule has 2 aliphatic rings. The molecular weight excluding hydrogens is 394 g/mol. The molecule has 0 aromatic heterocycles. The Labute approximate surface area is 186 Å². The number of hydrogen-bond acceptors (Lipinski definition) is 5. The molecule has 1 aromatic carbocycles. The van der Waals surface area contributed by atoms with Crippen LogP contribution < -0.4 is 10.6 Å². The van der Waals surface area contributed by atoms with Gasteiger partial charge in [0.15, 0.2) is 5.96 Å². The summed E-state index contributed by atoms with van der Waals surface area (Å²) in [5.74, 6) is 0.853. The van der Waals surface area contributed by atoms with Gasteiger partial charge in [0.25, 0.3) is 0 Å². The molecule has 8 nitrogen and oxygen atoms in total. The first-order valence-corrected chi connectivity index (χ1v) is 11.2. The quantitative estimate of drug-likeness (QED) is 0.550. The number of alkyl carbamates (subject to hydrolysis) is 1. The molecule has 2 heterocycles. The van der Waals surface area contributed by atoms with Crippen molar-refractivity contribution < 1.29 is 14.3 Å². The second-order valence-electron chi connectivity index (χ2n) is 9.18. The van der Waals surface area contributed by atoms with E-state index in [0.717, 1.165) is 58.3 Å². The highest BCUT2D eigenvalue weighted by molar-refractivity contribution is 5.80. The van der Waals surface area contributed by atoms with Crippen LogP contribution in [0.4, 0.5) is 4.79 Å². The molecule has 0 saturated carbocycles. The third-order valence-corrected chi connectivity index (χ3v) is 5.40. The van der Waals surface area contributed by atoms with E-state index in [9.17, 15) is 4.79 Å². The third kappa shape index (κ3) is 7.70. The van der Waals surface area contributed by atoms with Crippen molar-refractivity contribution in [2.24, 2.45) is 4.99 Å².